The minimum Gasteiger partial charge on any atom is -0.347 e. The fourth-order valence-corrected chi connectivity index (χ4v) is 3.70. The average molecular weight is 419 g/mol. The highest BCUT2D eigenvalue weighted by Crippen LogP contribution is 2.21. The van der Waals surface area contributed by atoms with Crippen LogP contribution in [0.5, 0.6) is 0 Å². The minimum atomic E-state index is -0.0675. The van der Waals surface area contributed by atoms with Gasteiger partial charge in [0.05, 0.1) is 0 Å². The van der Waals surface area contributed by atoms with Crippen LogP contribution in [0.2, 0.25) is 0 Å². The van der Waals surface area contributed by atoms with E-state index < -0.39 is 0 Å². The Kier molecular flexibility index (Phi) is 5.07. The largest absolute Gasteiger partial charge is 0.347 e. The molecule has 1 amide bonds. The number of para-hydroxylation sites is 1. The third-order valence-corrected chi connectivity index (χ3v) is 5.06. The summed E-state index contributed by atoms with van der Waals surface area (Å²) >= 11 is 3.47. The van der Waals surface area contributed by atoms with Crippen LogP contribution >= 0.6 is 15.9 Å². The number of rotatable bonds is 5. The number of halogens is 1. The number of benzene rings is 3. The van der Waals surface area contributed by atoms with Crippen molar-refractivity contribution in [2.75, 3.05) is 0 Å². The molecule has 1 N–H and O–H groups in total. The number of nitrogens with one attached hydrogen (secondary N) is 1. The molecule has 0 spiro atoms. The van der Waals surface area contributed by atoms with Crippen molar-refractivity contribution in [3.05, 3.63) is 106 Å². The molecule has 1 heterocycles. The number of nitrogens with zero attached hydrogens (tertiary/aromatic N) is 1. The summed E-state index contributed by atoms with van der Waals surface area (Å²) in [6.45, 7) is 1.15. The van der Waals surface area contributed by atoms with Gasteiger partial charge >= 0.3 is 0 Å². The van der Waals surface area contributed by atoms with E-state index in [9.17, 15) is 4.79 Å². The normalized spacial score (nSPS) is 10.9. The lowest BCUT2D eigenvalue weighted by molar-refractivity contribution is 0.0942. The van der Waals surface area contributed by atoms with Crippen molar-refractivity contribution in [2.24, 2.45) is 0 Å². The van der Waals surface area contributed by atoms with E-state index in [1.807, 2.05) is 66.7 Å². The number of fused-ring (bicyclic) bond motifs is 1. The third kappa shape index (κ3) is 3.96. The van der Waals surface area contributed by atoms with E-state index in [-0.39, 0.29) is 5.91 Å². The fraction of sp³-hybridized carbons (Fsp3) is 0.0870. The van der Waals surface area contributed by atoms with Crippen LogP contribution in [0.4, 0.5) is 0 Å². The van der Waals surface area contributed by atoms with Crippen LogP contribution in [-0.2, 0) is 13.1 Å². The maximum absolute atomic E-state index is 12.9. The molecule has 4 heteroatoms. The molecule has 0 bridgehead atoms. The number of hydrogen-bond acceptors (Lipinski definition) is 1. The van der Waals surface area contributed by atoms with E-state index in [0.717, 1.165) is 20.9 Å². The first-order chi connectivity index (χ1) is 13.2. The van der Waals surface area contributed by atoms with Gasteiger partial charge in [0.15, 0.2) is 0 Å². The molecule has 0 aliphatic heterocycles. The number of carbonyl (C=O) groups excluding carboxylic acids is 1. The minimum absolute atomic E-state index is 0.0675. The Morgan fingerprint density at radius 2 is 1.59 bits per heavy atom. The van der Waals surface area contributed by atoms with Gasteiger partial charge in [-0.2, -0.15) is 0 Å². The highest BCUT2D eigenvalue weighted by molar-refractivity contribution is 9.10. The first kappa shape index (κ1) is 17.6. The first-order valence-corrected chi connectivity index (χ1v) is 9.65. The van der Waals surface area contributed by atoms with Crippen LogP contribution in [-0.4, -0.2) is 10.5 Å². The third-order valence-electron chi connectivity index (χ3n) is 4.57. The van der Waals surface area contributed by atoms with Crippen molar-refractivity contribution in [2.45, 2.75) is 13.1 Å². The molecular weight excluding hydrogens is 400 g/mol. The van der Waals surface area contributed by atoms with Gasteiger partial charge in [-0.25, -0.2) is 0 Å². The molecule has 134 valence electrons. The molecule has 1 aromatic heterocycles. The maximum Gasteiger partial charge on any atom is 0.268 e. The quantitative estimate of drug-likeness (QED) is 0.463. The Morgan fingerprint density at radius 1 is 0.852 bits per heavy atom. The molecule has 3 nitrogen and oxygen atoms in total. The van der Waals surface area contributed by atoms with Crippen LogP contribution < -0.4 is 5.32 Å². The van der Waals surface area contributed by atoms with Crippen molar-refractivity contribution in [1.82, 2.24) is 9.88 Å². The molecule has 0 saturated heterocycles. The Morgan fingerprint density at radius 3 is 2.41 bits per heavy atom. The molecule has 0 unspecified atom stereocenters. The van der Waals surface area contributed by atoms with Crippen molar-refractivity contribution >= 4 is 32.7 Å². The van der Waals surface area contributed by atoms with E-state index in [1.54, 1.807) is 0 Å². The Balaban J connectivity index is 1.63. The van der Waals surface area contributed by atoms with E-state index in [0.29, 0.717) is 18.8 Å². The Labute approximate surface area is 166 Å². The summed E-state index contributed by atoms with van der Waals surface area (Å²) in [5.41, 5.74) is 3.97. The SMILES string of the molecule is O=C(NCc1cccc(Br)c1)c1cc2ccccc2n1Cc1ccccc1. The lowest BCUT2D eigenvalue weighted by atomic mass is 10.2. The predicted molar refractivity (Wildman–Crippen MR) is 113 cm³/mol. The van der Waals surface area contributed by atoms with Gasteiger partial charge in [0.2, 0.25) is 0 Å². The molecule has 3 aromatic carbocycles. The van der Waals surface area contributed by atoms with Crippen LogP contribution in [0, 0.1) is 0 Å². The lowest BCUT2D eigenvalue weighted by Crippen LogP contribution is -2.25. The van der Waals surface area contributed by atoms with Gasteiger partial charge in [-0.3, -0.25) is 4.79 Å². The van der Waals surface area contributed by atoms with Crippen molar-refractivity contribution in [3.63, 3.8) is 0 Å². The molecule has 27 heavy (non-hydrogen) atoms. The fourth-order valence-electron chi connectivity index (χ4n) is 3.25. The number of carbonyl (C=O) groups is 1. The van der Waals surface area contributed by atoms with Crippen LogP contribution in [0.25, 0.3) is 10.9 Å². The van der Waals surface area contributed by atoms with Crippen LogP contribution in [0.1, 0.15) is 21.6 Å². The van der Waals surface area contributed by atoms with Crippen LogP contribution in [0.15, 0.2) is 89.4 Å². The predicted octanol–water partition coefficient (Wildman–Crippen LogP) is 5.38. The maximum atomic E-state index is 12.9. The summed E-state index contributed by atoms with van der Waals surface area (Å²) in [7, 11) is 0. The summed E-state index contributed by atoms with van der Waals surface area (Å²) in [5, 5.41) is 4.12. The number of hydrogen-bond donors (Lipinski definition) is 1. The lowest BCUT2D eigenvalue weighted by Gasteiger charge is -2.12. The van der Waals surface area contributed by atoms with E-state index in [4.69, 9.17) is 0 Å². The summed E-state index contributed by atoms with van der Waals surface area (Å²) in [5.74, 6) is -0.0675. The number of aromatic nitrogens is 1. The second-order valence-corrected chi connectivity index (χ2v) is 7.39. The topological polar surface area (TPSA) is 34.0 Å². The van der Waals surface area contributed by atoms with E-state index in [2.05, 4.69) is 44.0 Å². The monoisotopic (exact) mass is 418 g/mol. The van der Waals surface area contributed by atoms with Gasteiger partial charge in [0.25, 0.3) is 5.91 Å². The van der Waals surface area contributed by atoms with Crippen molar-refractivity contribution in [1.29, 1.82) is 0 Å². The van der Waals surface area contributed by atoms with Crippen molar-refractivity contribution in [3.8, 4) is 0 Å². The highest BCUT2D eigenvalue weighted by Gasteiger charge is 2.15. The van der Waals surface area contributed by atoms with Crippen LogP contribution in [0.3, 0.4) is 0 Å². The molecule has 4 aromatic rings. The van der Waals surface area contributed by atoms with Gasteiger partial charge in [-0.05, 0) is 35.4 Å². The Hall–Kier alpha value is -2.85. The van der Waals surface area contributed by atoms with Gasteiger partial charge < -0.3 is 9.88 Å². The van der Waals surface area contributed by atoms with Gasteiger partial charge in [-0.1, -0.05) is 76.6 Å². The molecule has 0 saturated carbocycles. The Bertz CT molecular complexity index is 1090. The summed E-state index contributed by atoms with van der Waals surface area (Å²) in [6, 6.07) is 28.2. The zero-order chi connectivity index (χ0) is 18.6. The smallest absolute Gasteiger partial charge is 0.268 e. The zero-order valence-corrected chi connectivity index (χ0v) is 16.3. The van der Waals surface area contributed by atoms with Gasteiger partial charge in [0.1, 0.15) is 5.69 Å². The molecule has 0 aliphatic carbocycles. The zero-order valence-electron chi connectivity index (χ0n) is 14.7. The molecule has 0 fully saturated rings. The van der Waals surface area contributed by atoms with Gasteiger partial charge in [-0.15, -0.1) is 0 Å². The molecule has 0 atom stereocenters. The molecule has 4 rings (SSSR count). The molecular formula is C23H19BrN2O. The standard InChI is InChI=1S/C23H19BrN2O/c24-20-11-6-9-18(13-20)15-25-23(27)22-14-19-10-4-5-12-21(19)26(22)16-17-7-2-1-3-8-17/h1-14H,15-16H2,(H,25,27). The second kappa shape index (κ2) is 7.80. The summed E-state index contributed by atoms with van der Waals surface area (Å²) < 4.78 is 3.09. The van der Waals surface area contributed by atoms with Crippen molar-refractivity contribution < 1.29 is 4.79 Å². The molecule has 0 radical (unpaired) electrons. The van der Waals surface area contributed by atoms with Gasteiger partial charge in [0, 0.05) is 28.5 Å². The summed E-state index contributed by atoms with van der Waals surface area (Å²) in [4.78, 5) is 12.9. The number of amides is 1. The average Bonchev–Trinajstić information content (AvgIpc) is 3.06. The highest BCUT2D eigenvalue weighted by atomic mass is 79.9. The second-order valence-electron chi connectivity index (χ2n) is 6.47. The first-order valence-electron chi connectivity index (χ1n) is 8.85. The van der Waals surface area contributed by atoms with E-state index in [1.165, 1.54) is 5.56 Å². The molecule has 0 aliphatic rings. The summed E-state index contributed by atoms with van der Waals surface area (Å²) in [6.07, 6.45) is 0. The van der Waals surface area contributed by atoms with E-state index >= 15 is 0 Å².